The summed E-state index contributed by atoms with van der Waals surface area (Å²) >= 11 is 0. The first-order valence-corrected chi connectivity index (χ1v) is 10.9. The predicted molar refractivity (Wildman–Crippen MR) is 118 cm³/mol. The third kappa shape index (κ3) is 3.67. The van der Waals surface area contributed by atoms with Gasteiger partial charge in [-0.1, -0.05) is 20.8 Å². The number of aromatic carboxylic acids is 1. The van der Waals surface area contributed by atoms with Crippen molar-refractivity contribution in [2.24, 2.45) is 5.41 Å². The first kappa shape index (κ1) is 21.6. The van der Waals surface area contributed by atoms with Crippen LogP contribution in [0.15, 0.2) is 17.1 Å². The maximum Gasteiger partial charge on any atom is 0.341 e. The minimum absolute atomic E-state index is 0.0479. The highest BCUT2D eigenvalue weighted by Gasteiger charge is 2.38. The average molecular weight is 432 g/mol. The van der Waals surface area contributed by atoms with E-state index in [0.29, 0.717) is 36.1 Å². The lowest BCUT2D eigenvalue weighted by atomic mass is 9.79. The zero-order valence-corrected chi connectivity index (χ0v) is 18.5. The summed E-state index contributed by atoms with van der Waals surface area (Å²) in [7, 11) is 1.47. The van der Waals surface area contributed by atoms with E-state index in [2.05, 4.69) is 26.1 Å². The molecule has 2 aromatic rings. The van der Waals surface area contributed by atoms with Crippen molar-refractivity contribution in [3.8, 4) is 5.75 Å². The molecule has 1 aliphatic carbocycles. The van der Waals surface area contributed by atoms with E-state index in [4.69, 9.17) is 4.74 Å². The van der Waals surface area contributed by atoms with Crippen LogP contribution in [-0.4, -0.2) is 48.4 Å². The molecule has 0 spiro atoms. The number of methoxy groups -OCH3 is 1. The number of halogens is 1. The zero-order chi connectivity index (χ0) is 22.5. The van der Waals surface area contributed by atoms with Gasteiger partial charge in [0.25, 0.3) is 0 Å². The number of carbonyl (C=O) groups is 1. The van der Waals surface area contributed by atoms with Crippen LogP contribution in [-0.2, 0) is 0 Å². The van der Waals surface area contributed by atoms with E-state index in [1.165, 1.54) is 19.4 Å². The lowest BCUT2D eigenvalue weighted by molar-refractivity contribution is 0.0694. The van der Waals surface area contributed by atoms with Crippen molar-refractivity contribution in [1.82, 2.24) is 9.88 Å². The number of nitrogens with one attached hydrogen (secondary N) is 1. The number of fused-ring (bicyclic) bond motifs is 1. The lowest BCUT2D eigenvalue weighted by Crippen LogP contribution is -2.54. The summed E-state index contributed by atoms with van der Waals surface area (Å²) in [5, 5.41) is 13.1. The Bertz CT molecular complexity index is 1090. The van der Waals surface area contributed by atoms with Gasteiger partial charge in [-0.25, -0.2) is 9.18 Å². The second-order valence-corrected chi connectivity index (χ2v) is 9.26. The number of carboxylic acid groups (broad SMARTS) is 1. The van der Waals surface area contributed by atoms with Crippen LogP contribution in [0.5, 0.6) is 5.75 Å². The second kappa shape index (κ2) is 7.82. The molecule has 1 aliphatic heterocycles. The molecule has 0 amide bonds. The summed E-state index contributed by atoms with van der Waals surface area (Å²) < 4.78 is 23.0. The van der Waals surface area contributed by atoms with Gasteiger partial charge in [0.05, 0.1) is 18.0 Å². The number of pyridine rings is 1. The standard InChI is InChI=1S/C23H30FN3O4/c1-5-25-17-8-9-26(12-23(17,2)3)19-16(24)10-14-18(21(19)31-4)27(13-6-7-13)11-15(20(14)28)22(29)30/h10-11,13,17,25H,5-9,12H2,1-4H3,(H,29,30). The quantitative estimate of drug-likeness (QED) is 0.730. The van der Waals surface area contributed by atoms with Crippen molar-refractivity contribution < 1.29 is 19.0 Å². The van der Waals surface area contributed by atoms with Crippen molar-refractivity contribution in [2.45, 2.75) is 52.1 Å². The van der Waals surface area contributed by atoms with E-state index < -0.39 is 17.2 Å². The Balaban J connectivity index is 1.91. The van der Waals surface area contributed by atoms with Gasteiger partial charge in [-0.2, -0.15) is 0 Å². The maximum atomic E-state index is 15.5. The summed E-state index contributed by atoms with van der Waals surface area (Å²) in [6.45, 7) is 8.57. The monoisotopic (exact) mass is 431 g/mol. The van der Waals surface area contributed by atoms with Crippen molar-refractivity contribution in [2.75, 3.05) is 31.6 Å². The maximum absolute atomic E-state index is 15.5. The molecule has 0 bridgehead atoms. The smallest absolute Gasteiger partial charge is 0.341 e. The number of hydrogen-bond acceptors (Lipinski definition) is 5. The number of rotatable bonds is 6. The zero-order valence-electron chi connectivity index (χ0n) is 18.5. The highest BCUT2D eigenvalue weighted by Crippen LogP contribution is 2.45. The normalized spacial score (nSPS) is 20.8. The van der Waals surface area contributed by atoms with Crippen molar-refractivity contribution in [3.63, 3.8) is 0 Å². The van der Waals surface area contributed by atoms with Gasteiger partial charge in [0.2, 0.25) is 5.43 Å². The molecule has 0 radical (unpaired) electrons. The van der Waals surface area contributed by atoms with Gasteiger partial charge in [0.15, 0.2) is 11.6 Å². The summed E-state index contributed by atoms with van der Waals surface area (Å²) in [5.74, 6) is -1.57. The van der Waals surface area contributed by atoms with E-state index in [9.17, 15) is 14.7 Å². The van der Waals surface area contributed by atoms with Crippen molar-refractivity contribution >= 4 is 22.6 Å². The molecule has 1 saturated carbocycles. The minimum Gasteiger partial charge on any atom is -0.492 e. The van der Waals surface area contributed by atoms with Gasteiger partial charge in [-0.3, -0.25) is 4.79 Å². The number of carboxylic acids is 1. The molecule has 8 heteroatoms. The summed E-state index contributed by atoms with van der Waals surface area (Å²) in [5.41, 5.74) is -0.308. The third-order valence-electron chi connectivity index (χ3n) is 6.57. The first-order valence-electron chi connectivity index (χ1n) is 10.9. The van der Waals surface area contributed by atoms with E-state index in [-0.39, 0.29) is 22.4 Å². The van der Waals surface area contributed by atoms with Crippen molar-refractivity contribution in [1.29, 1.82) is 0 Å². The van der Waals surface area contributed by atoms with Crippen LogP contribution in [0.4, 0.5) is 10.1 Å². The number of piperidine rings is 1. The summed E-state index contributed by atoms with van der Waals surface area (Å²) in [6.07, 6.45) is 4.01. The predicted octanol–water partition coefficient (Wildman–Crippen LogP) is 3.40. The van der Waals surface area contributed by atoms with Gasteiger partial charge in [-0.05, 0) is 37.3 Å². The lowest BCUT2D eigenvalue weighted by Gasteiger charge is -2.46. The average Bonchev–Trinajstić information content (AvgIpc) is 3.54. The van der Waals surface area contributed by atoms with Gasteiger partial charge in [-0.15, -0.1) is 0 Å². The van der Waals surface area contributed by atoms with Crippen molar-refractivity contribution in [3.05, 3.63) is 33.9 Å². The molecule has 2 N–H and O–H groups in total. The Morgan fingerprint density at radius 2 is 2.06 bits per heavy atom. The van der Waals surface area contributed by atoms with Crippen LogP contribution in [0.1, 0.15) is 56.4 Å². The molecule has 1 aromatic heterocycles. The van der Waals surface area contributed by atoms with Gasteiger partial charge < -0.3 is 24.6 Å². The van der Waals surface area contributed by atoms with Crippen LogP contribution in [0.3, 0.4) is 0 Å². The van der Waals surface area contributed by atoms with E-state index in [1.54, 1.807) is 4.57 Å². The van der Waals surface area contributed by atoms with Crippen LogP contribution in [0.25, 0.3) is 10.9 Å². The molecule has 1 aromatic carbocycles. The van der Waals surface area contributed by atoms with E-state index >= 15 is 4.39 Å². The number of ether oxygens (including phenoxy) is 1. The molecule has 2 heterocycles. The molecular weight excluding hydrogens is 401 g/mol. The van der Waals surface area contributed by atoms with Gasteiger partial charge >= 0.3 is 5.97 Å². The number of anilines is 1. The fourth-order valence-corrected chi connectivity index (χ4v) is 4.90. The fraction of sp³-hybridized carbons (Fsp3) is 0.565. The Hall–Kier alpha value is -2.61. The SMILES string of the molecule is CCNC1CCN(c2c(F)cc3c(=O)c(C(=O)O)cn(C4CC4)c3c2OC)CC1(C)C. The van der Waals surface area contributed by atoms with Crippen LogP contribution in [0, 0.1) is 11.2 Å². The molecule has 31 heavy (non-hydrogen) atoms. The third-order valence-corrected chi connectivity index (χ3v) is 6.57. The summed E-state index contributed by atoms with van der Waals surface area (Å²) in [6, 6.07) is 1.60. The number of hydrogen-bond donors (Lipinski definition) is 2. The number of benzene rings is 1. The first-order chi connectivity index (χ1) is 14.7. The highest BCUT2D eigenvalue weighted by molar-refractivity contribution is 5.97. The Labute approximate surface area is 180 Å². The van der Waals surface area contributed by atoms with Crippen LogP contribution < -0.4 is 20.4 Å². The van der Waals surface area contributed by atoms with Crippen LogP contribution >= 0.6 is 0 Å². The fourth-order valence-electron chi connectivity index (χ4n) is 4.90. The Morgan fingerprint density at radius 3 is 2.61 bits per heavy atom. The molecule has 1 atom stereocenters. The highest BCUT2D eigenvalue weighted by atomic mass is 19.1. The molecule has 2 aliphatic rings. The minimum atomic E-state index is -1.31. The number of aromatic nitrogens is 1. The second-order valence-electron chi connectivity index (χ2n) is 9.26. The molecule has 1 saturated heterocycles. The van der Waals surface area contributed by atoms with E-state index in [0.717, 1.165) is 25.8 Å². The van der Waals surface area contributed by atoms with Gasteiger partial charge in [0.1, 0.15) is 11.3 Å². The topological polar surface area (TPSA) is 83.8 Å². The molecular formula is C23H30FN3O4. The molecule has 2 fully saturated rings. The molecule has 4 rings (SSSR count). The van der Waals surface area contributed by atoms with E-state index in [1.807, 2.05) is 4.90 Å². The summed E-state index contributed by atoms with van der Waals surface area (Å²) in [4.78, 5) is 26.5. The molecule has 7 nitrogen and oxygen atoms in total. The molecule has 168 valence electrons. The Kier molecular flexibility index (Phi) is 5.45. The van der Waals surface area contributed by atoms with Gasteiger partial charge in [0, 0.05) is 31.4 Å². The molecule has 1 unspecified atom stereocenters. The van der Waals surface area contributed by atoms with Crippen LogP contribution in [0.2, 0.25) is 0 Å². The largest absolute Gasteiger partial charge is 0.492 e. The number of nitrogens with zero attached hydrogens (tertiary/aromatic N) is 2. The Morgan fingerprint density at radius 1 is 1.35 bits per heavy atom.